The van der Waals surface area contributed by atoms with Gasteiger partial charge in [-0.2, -0.15) is 0 Å². The van der Waals surface area contributed by atoms with Crippen LogP contribution in [-0.4, -0.2) is 19.1 Å². The first kappa shape index (κ1) is 19.3. The number of anilines is 1. The lowest BCUT2D eigenvalue weighted by Gasteiger charge is -2.13. The van der Waals surface area contributed by atoms with Crippen LogP contribution < -0.4 is 14.8 Å². The zero-order valence-electron chi connectivity index (χ0n) is 14.8. The van der Waals surface area contributed by atoms with Crippen molar-refractivity contribution in [3.8, 4) is 11.5 Å². The number of ether oxygens (including phenoxy) is 2. The minimum Gasteiger partial charge on any atom is -0.492 e. The van der Waals surface area contributed by atoms with Gasteiger partial charge in [0, 0.05) is 5.56 Å². The zero-order chi connectivity index (χ0) is 18.2. The summed E-state index contributed by atoms with van der Waals surface area (Å²) in [6.07, 6.45) is 0.989. The molecule has 25 heavy (non-hydrogen) atoms. The number of carbonyl (C=O) groups is 1. The molecule has 0 fully saturated rings. The van der Waals surface area contributed by atoms with E-state index in [-0.39, 0.29) is 5.91 Å². The van der Waals surface area contributed by atoms with Crippen LogP contribution in [0.1, 0.15) is 37.6 Å². The first-order chi connectivity index (χ1) is 12.0. The Bertz CT molecular complexity index is 716. The molecule has 4 nitrogen and oxygen atoms in total. The number of halogens is 1. The molecule has 0 atom stereocenters. The maximum atomic E-state index is 12.5. The van der Waals surface area contributed by atoms with Crippen molar-refractivity contribution in [2.24, 2.45) is 5.92 Å². The van der Waals surface area contributed by atoms with Crippen molar-refractivity contribution < 1.29 is 14.3 Å². The van der Waals surface area contributed by atoms with E-state index in [0.29, 0.717) is 36.1 Å². The van der Waals surface area contributed by atoms with Crippen LogP contribution >= 0.6 is 15.9 Å². The number of para-hydroxylation sites is 2. The molecule has 0 aliphatic heterocycles. The van der Waals surface area contributed by atoms with Gasteiger partial charge in [0.2, 0.25) is 0 Å². The van der Waals surface area contributed by atoms with Gasteiger partial charge in [-0.15, -0.1) is 0 Å². The van der Waals surface area contributed by atoms with E-state index < -0.39 is 0 Å². The fraction of sp³-hybridized carbons (Fsp3) is 0.350. The molecule has 0 aliphatic rings. The monoisotopic (exact) mass is 405 g/mol. The highest BCUT2D eigenvalue weighted by atomic mass is 79.9. The van der Waals surface area contributed by atoms with Gasteiger partial charge in [-0.3, -0.25) is 4.79 Å². The van der Waals surface area contributed by atoms with Crippen molar-refractivity contribution in [1.29, 1.82) is 0 Å². The highest BCUT2D eigenvalue weighted by molar-refractivity contribution is 9.10. The molecule has 1 N–H and O–H groups in total. The van der Waals surface area contributed by atoms with Crippen LogP contribution in [0.15, 0.2) is 46.9 Å². The summed E-state index contributed by atoms with van der Waals surface area (Å²) >= 11 is 3.48. The largest absolute Gasteiger partial charge is 0.492 e. The number of hydrogen-bond acceptors (Lipinski definition) is 3. The highest BCUT2D eigenvalue weighted by Gasteiger charge is 2.12. The van der Waals surface area contributed by atoms with Gasteiger partial charge in [-0.05, 0) is 65.5 Å². The van der Waals surface area contributed by atoms with E-state index >= 15 is 0 Å². The number of rotatable bonds is 8. The molecule has 0 bridgehead atoms. The second-order valence-corrected chi connectivity index (χ2v) is 6.91. The standard InChI is InChI=1S/C20H24BrNO3/c1-4-24-19-8-6-5-7-17(19)22-20(23)15-9-10-18(16(21)13-15)25-12-11-14(2)3/h5-10,13-14H,4,11-12H2,1-3H3,(H,22,23). The van der Waals surface area contributed by atoms with Crippen LogP contribution in [0.4, 0.5) is 5.69 Å². The van der Waals surface area contributed by atoms with E-state index in [1.165, 1.54) is 0 Å². The first-order valence-corrected chi connectivity index (χ1v) is 9.26. The smallest absolute Gasteiger partial charge is 0.255 e. The Kier molecular flexibility index (Phi) is 7.31. The molecule has 0 radical (unpaired) electrons. The van der Waals surface area contributed by atoms with E-state index in [9.17, 15) is 4.79 Å². The molecule has 0 unspecified atom stereocenters. The fourth-order valence-electron chi connectivity index (χ4n) is 2.21. The van der Waals surface area contributed by atoms with Crippen molar-refractivity contribution in [1.82, 2.24) is 0 Å². The minimum atomic E-state index is -0.193. The third-order valence-corrected chi connectivity index (χ3v) is 4.20. The molecule has 134 valence electrons. The lowest BCUT2D eigenvalue weighted by atomic mass is 10.1. The lowest BCUT2D eigenvalue weighted by Crippen LogP contribution is -2.13. The van der Waals surface area contributed by atoms with Crippen molar-refractivity contribution in [3.63, 3.8) is 0 Å². The summed E-state index contributed by atoms with van der Waals surface area (Å²) in [7, 11) is 0. The third-order valence-electron chi connectivity index (χ3n) is 3.58. The summed E-state index contributed by atoms with van der Waals surface area (Å²) in [4.78, 5) is 12.5. The summed E-state index contributed by atoms with van der Waals surface area (Å²) in [5.74, 6) is 1.80. The number of amides is 1. The SMILES string of the molecule is CCOc1ccccc1NC(=O)c1ccc(OCCC(C)C)c(Br)c1. The van der Waals surface area contributed by atoms with Gasteiger partial charge >= 0.3 is 0 Å². The third kappa shape index (κ3) is 5.78. The summed E-state index contributed by atoms with van der Waals surface area (Å²) in [6, 6.07) is 12.7. The fourth-order valence-corrected chi connectivity index (χ4v) is 2.70. The Hall–Kier alpha value is -2.01. The number of carbonyl (C=O) groups excluding carboxylic acids is 1. The Morgan fingerprint density at radius 2 is 1.88 bits per heavy atom. The highest BCUT2D eigenvalue weighted by Crippen LogP contribution is 2.28. The Morgan fingerprint density at radius 1 is 1.12 bits per heavy atom. The van der Waals surface area contributed by atoms with Gasteiger partial charge in [0.1, 0.15) is 11.5 Å². The van der Waals surface area contributed by atoms with Crippen LogP contribution in [0.25, 0.3) is 0 Å². The van der Waals surface area contributed by atoms with E-state index in [4.69, 9.17) is 9.47 Å². The molecule has 0 aliphatic carbocycles. The normalized spacial score (nSPS) is 10.6. The number of benzene rings is 2. The van der Waals surface area contributed by atoms with Crippen molar-refractivity contribution >= 4 is 27.5 Å². The Balaban J connectivity index is 2.06. The van der Waals surface area contributed by atoms with Gasteiger partial charge < -0.3 is 14.8 Å². The minimum absolute atomic E-state index is 0.193. The predicted octanol–water partition coefficient (Wildman–Crippen LogP) is 5.53. The van der Waals surface area contributed by atoms with Crippen molar-refractivity contribution in [2.45, 2.75) is 27.2 Å². The van der Waals surface area contributed by atoms with Gasteiger partial charge in [0.25, 0.3) is 5.91 Å². The topological polar surface area (TPSA) is 47.6 Å². The maximum absolute atomic E-state index is 12.5. The van der Waals surface area contributed by atoms with Gasteiger partial charge in [0.05, 0.1) is 23.4 Å². The van der Waals surface area contributed by atoms with Gasteiger partial charge in [0.15, 0.2) is 0 Å². The molecular weight excluding hydrogens is 382 g/mol. The van der Waals surface area contributed by atoms with E-state index in [2.05, 4.69) is 35.1 Å². The summed E-state index contributed by atoms with van der Waals surface area (Å²) in [6.45, 7) is 7.43. The van der Waals surface area contributed by atoms with Crippen LogP contribution in [0.3, 0.4) is 0 Å². The molecule has 0 spiro atoms. The molecule has 0 saturated carbocycles. The molecule has 0 heterocycles. The predicted molar refractivity (Wildman–Crippen MR) is 105 cm³/mol. The molecular formula is C20H24BrNO3. The van der Waals surface area contributed by atoms with Crippen LogP contribution in [0, 0.1) is 5.92 Å². The summed E-state index contributed by atoms with van der Waals surface area (Å²) in [5, 5.41) is 2.89. The molecule has 5 heteroatoms. The van der Waals surface area contributed by atoms with Crippen LogP contribution in [0.5, 0.6) is 11.5 Å². The van der Waals surface area contributed by atoms with Crippen molar-refractivity contribution in [3.05, 3.63) is 52.5 Å². The quantitative estimate of drug-likeness (QED) is 0.628. The number of hydrogen-bond donors (Lipinski definition) is 1. The Labute approximate surface area is 157 Å². The molecule has 2 rings (SSSR count). The maximum Gasteiger partial charge on any atom is 0.255 e. The summed E-state index contributed by atoms with van der Waals surface area (Å²) in [5.41, 5.74) is 1.21. The second-order valence-electron chi connectivity index (χ2n) is 6.06. The zero-order valence-corrected chi connectivity index (χ0v) is 16.4. The van der Waals surface area contributed by atoms with Crippen LogP contribution in [0.2, 0.25) is 0 Å². The second kappa shape index (κ2) is 9.47. The van der Waals surface area contributed by atoms with Gasteiger partial charge in [-0.1, -0.05) is 26.0 Å². The van der Waals surface area contributed by atoms with E-state index in [1.807, 2.05) is 37.3 Å². The van der Waals surface area contributed by atoms with Gasteiger partial charge in [-0.25, -0.2) is 0 Å². The van der Waals surface area contributed by atoms with E-state index in [0.717, 1.165) is 16.6 Å². The van der Waals surface area contributed by atoms with E-state index in [1.54, 1.807) is 12.1 Å². The average Bonchev–Trinajstić information content (AvgIpc) is 2.58. The molecule has 2 aromatic rings. The molecule has 2 aromatic carbocycles. The molecule has 0 aromatic heterocycles. The molecule has 1 amide bonds. The lowest BCUT2D eigenvalue weighted by molar-refractivity contribution is 0.102. The van der Waals surface area contributed by atoms with Crippen molar-refractivity contribution in [2.75, 3.05) is 18.5 Å². The average molecular weight is 406 g/mol. The van der Waals surface area contributed by atoms with Crippen LogP contribution in [-0.2, 0) is 0 Å². The summed E-state index contributed by atoms with van der Waals surface area (Å²) < 4.78 is 12.1. The number of nitrogens with one attached hydrogen (secondary N) is 1. The Morgan fingerprint density at radius 3 is 2.56 bits per heavy atom. The molecule has 0 saturated heterocycles. The first-order valence-electron chi connectivity index (χ1n) is 8.46.